The lowest BCUT2D eigenvalue weighted by Crippen LogP contribution is -2.47. The highest BCUT2D eigenvalue weighted by atomic mass is 32.2. The third kappa shape index (κ3) is 4.05. The number of benzene rings is 2. The number of carbonyl (C=O) groups excluding carboxylic acids is 1. The van der Waals surface area contributed by atoms with Gasteiger partial charge in [0.2, 0.25) is 0 Å². The van der Waals surface area contributed by atoms with E-state index in [9.17, 15) is 13.2 Å². The molecule has 3 rings (SSSR count). The molecule has 0 spiro atoms. The molecule has 0 radical (unpaired) electrons. The number of hydrogen-bond donors (Lipinski definition) is 2. The molecule has 0 aliphatic carbocycles. The maximum Gasteiger partial charge on any atom is 0.257 e. The number of aryl methyl sites for hydroxylation is 3. The van der Waals surface area contributed by atoms with Gasteiger partial charge < -0.3 is 4.90 Å². The third-order valence-electron chi connectivity index (χ3n) is 4.49. The molecule has 1 aliphatic heterocycles. The monoisotopic (exact) mass is 373 g/mol. The molecular weight excluding hydrogens is 350 g/mol. The molecule has 0 saturated carbocycles. The summed E-state index contributed by atoms with van der Waals surface area (Å²) >= 11 is 0. The Morgan fingerprint density at radius 3 is 2.69 bits per heavy atom. The van der Waals surface area contributed by atoms with Crippen LogP contribution < -0.4 is 15.2 Å². The number of hydrazine groups is 1. The summed E-state index contributed by atoms with van der Waals surface area (Å²) in [6, 6.07) is 13.0. The molecule has 0 fully saturated rings. The SMILES string of the molecule is Cc1ccc(S(=O)(=O)NNC(=O)CN2CCCc3ccccc32)c(C)c1. The van der Waals surface area contributed by atoms with Gasteiger partial charge in [-0.1, -0.05) is 35.9 Å². The number of para-hydroxylation sites is 1. The van der Waals surface area contributed by atoms with Crippen LogP contribution in [0, 0.1) is 13.8 Å². The lowest BCUT2D eigenvalue weighted by molar-refractivity contribution is -0.120. The zero-order valence-electron chi connectivity index (χ0n) is 15.0. The molecule has 1 heterocycles. The zero-order valence-corrected chi connectivity index (χ0v) is 15.8. The first kappa shape index (κ1) is 18.4. The number of anilines is 1. The van der Waals surface area contributed by atoms with E-state index in [-0.39, 0.29) is 11.4 Å². The molecule has 1 aliphatic rings. The first-order valence-corrected chi connectivity index (χ1v) is 10.1. The van der Waals surface area contributed by atoms with E-state index < -0.39 is 15.9 Å². The molecule has 2 N–H and O–H groups in total. The second-order valence-electron chi connectivity index (χ2n) is 6.58. The van der Waals surface area contributed by atoms with Crippen molar-refractivity contribution in [2.24, 2.45) is 0 Å². The van der Waals surface area contributed by atoms with Crippen LogP contribution in [-0.2, 0) is 21.2 Å². The fraction of sp³-hybridized carbons (Fsp3) is 0.316. The quantitative estimate of drug-likeness (QED) is 0.787. The number of nitrogens with one attached hydrogen (secondary N) is 2. The van der Waals surface area contributed by atoms with Crippen molar-refractivity contribution in [1.29, 1.82) is 0 Å². The first-order valence-electron chi connectivity index (χ1n) is 8.57. The smallest absolute Gasteiger partial charge is 0.257 e. The van der Waals surface area contributed by atoms with Gasteiger partial charge in [0, 0.05) is 12.2 Å². The summed E-state index contributed by atoms with van der Waals surface area (Å²) in [7, 11) is -3.80. The van der Waals surface area contributed by atoms with Gasteiger partial charge in [0.15, 0.2) is 0 Å². The van der Waals surface area contributed by atoms with Crippen LogP contribution in [0.25, 0.3) is 0 Å². The van der Waals surface area contributed by atoms with Gasteiger partial charge in [-0.15, -0.1) is 4.83 Å². The van der Waals surface area contributed by atoms with Crippen molar-refractivity contribution < 1.29 is 13.2 Å². The van der Waals surface area contributed by atoms with E-state index in [1.165, 1.54) is 5.56 Å². The van der Waals surface area contributed by atoms with Gasteiger partial charge in [-0.25, -0.2) is 8.42 Å². The van der Waals surface area contributed by atoms with Crippen molar-refractivity contribution >= 4 is 21.6 Å². The highest BCUT2D eigenvalue weighted by Gasteiger charge is 2.21. The number of sulfonamides is 1. The average molecular weight is 373 g/mol. The zero-order chi connectivity index (χ0) is 18.7. The highest BCUT2D eigenvalue weighted by molar-refractivity contribution is 7.89. The van der Waals surface area contributed by atoms with E-state index in [4.69, 9.17) is 0 Å². The summed E-state index contributed by atoms with van der Waals surface area (Å²) in [5.74, 6) is -0.393. The van der Waals surface area contributed by atoms with Gasteiger partial charge in [0.25, 0.3) is 15.9 Å². The standard InChI is InChI=1S/C19H23N3O3S/c1-14-9-10-18(15(2)12-14)26(24,25)21-20-19(23)13-22-11-5-7-16-6-3-4-8-17(16)22/h3-4,6,8-10,12,21H,5,7,11,13H2,1-2H3,(H,20,23). The summed E-state index contributed by atoms with van der Waals surface area (Å²) < 4.78 is 24.8. The van der Waals surface area contributed by atoms with Crippen molar-refractivity contribution in [1.82, 2.24) is 10.3 Å². The summed E-state index contributed by atoms with van der Waals surface area (Å²) in [5, 5.41) is 0. The predicted octanol–water partition coefficient (Wildman–Crippen LogP) is 2.07. The lowest BCUT2D eigenvalue weighted by Gasteiger charge is -2.30. The normalized spacial score (nSPS) is 14.0. The minimum atomic E-state index is -3.80. The van der Waals surface area contributed by atoms with E-state index >= 15 is 0 Å². The summed E-state index contributed by atoms with van der Waals surface area (Å²) in [6.07, 6.45) is 1.96. The van der Waals surface area contributed by atoms with Gasteiger partial charge in [-0.2, -0.15) is 0 Å². The number of rotatable bonds is 5. The van der Waals surface area contributed by atoms with E-state index in [2.05, 4.69) is 16.3 Å². The van der Waals surface area contributed by atoms with Crippen LogP contribution in [0.2, 0.25) is 0 Å². The second kappa shape index (κ2) is 7.47. The Hall–Kier alpha value is -2.38. The Morgan fingerprint density at radius 1 is 1.15 bits per heavy atom. The third-order valence-corrected chi connectivity index (χ3v) is 5.89. The van der Waals surface area contributed by atoms with Gasteiger partial charge in [-0.05, 0) is 49.9 Å². The van der Waals surface area contributed by atoms with Crippen LogP contribution in [0.1, 0.15) is 23.1 Å². The molecule has 0 bridgehead atoms. The summed E-state index contributed by atoms with van der Waals surface area (Å²) in [6.45, 7) is 4.50. The molecule has 2 aromatic rings. The van der Waals surface area contributed by atoms with E-state index in [0.717, 1.165) is 30.6 Å². The lowest BCUT2D eigenvalue weighted by atomic mass is 10.0. The largest absolute Gasteiger partial charge is 0.362 e. The van der Waals surface area contributed by atoms with Crippen LogP contribution >= 0.6 is 0 Å². The van der Waals surface area contributed by atoms with Crippen LogP contribution in [0.15, 0.2) is 47.4 Å². The van der Waals surface area contributed by atoms with Crippen LogP contribution in [0.4, 0.5) is 5.69 Å². The molecule has 0 atom stereocenters. The topological polar surface area (TPSA) is 78.5 Å². The Morgan fingerprint density at radius 2 is 1.92 bits per heavy atom. The molecule has 0 unspecified atom stereocenters. The van der Waals surface area contributed by atoms with E-state index in [1.807, 2.05) is 30.0 Å². The van der Waals surface area contributed by atoms with Crippen LogP contribution in [-0.4, -0.2) is 27.4 Å². The molecule has 26 heavy (non-hydrogen) atoms. The first-order chi connectivity index (χ1) is 12.4. The van der Waals surface area contributed by atoms with Crippen molar-refractivity contribution in [3.63, 3.8) is 0 Å². The summed E-state index contributed by atoms with van der Waals surface area (Å²) in [5.41, 5.74) is 6.18. The molecule has 2 aromatic carbocycles. The summed E-state index contributed by atoms with van der Waals surface area (Å²) in [4.78, 5) is 16.6. The Kier molecular flexibility index (Phi) is 5.29. The molecule has 138 valence electrons. The van der Waals surface area contributed by atoms with Crippen LogP contribution in [0.3, 0.4) is 0 Å². The fourth-order valence-corrected chi connectivity index (χ4v) is 4.36. The molecule has 0 aromatic heterocycles. The predicted molar refractivity (Wildman–Crippen MR) is 101 cm³/mol. The Balaban J connectivity index is 1.64. The molecule has 7 heteroatoms. The molecular formula is C19H23N3O3S. The van der Waals surface area contributed by atoms with Crippen LogP contribution in [0.5, 0.6) is 0 Å². The maximum absolute atomic E-state index is 12.4. The Bertz CT molecular complexity index is 925. The van der Waals surface area contributed by atoms with Crippen molar-refractivity contribution in [2.75, 3.05) is 18.0 Å². The number of nitrogens with zero attached hydrogens (tertiary/aromatic N) is 1. The molecule has 1 amide bonds. The fourth-order valence-electron chi connectivity index (χ4n) is 3.27. The van der Waals surface area contributed by atoms with E-state index in [1.54, 1.807) is 25.1 Å². The van der Waals surface area contributed by atoms with Gasteiger partial charge in [0.05, 0.1) is 11.4 Å². The second-order valence-corrected chi connectivity index (χ2v) is 8.23. The molecule has 0 saturated heterocycles. The van der Waals surface area contributed by atoms with Crippen molar-refractivity contribution in [3.8, 4) is 0 Å². The van der Waals surface area contributed by atoms with Gasteiger partial charge in [-0.3, -0.25) is 10.2 Å². The van der Waals surface area contributed by atoms with Gasteiger partial charge >= 0.3 is 0 Å². The Labute approximate surface area is 154 Å². The number of carbonyl (C=O) groups is 1. The number of hydrogen-bond acceptors (Lipinski definition) is 4. The number of fused-ring (bicyclic) bond motifs is 1. The van der Waals surface area contributed by atoms with Crippen molar-refractivity contribution in [2.45, 2.75) is 31.6 Å². The minimum absolute atomic E-state index is 0.104. The van der Waals surface area contributed by atoms with Crippen molar-refractivity contribution in [3.05, 3.63) is 59.2 Å². The minimum Gasteiger partial charge on any atom is -0.362 e. The highest BCUT2D eigenvalue weighted by Crippen LogP contribution is 2.26. The average Bonchev–Trinajstić information content (AvgIpc) is 2.60. The van der Waals surface area contributed by atoms with Gasteiger partial charge in [0.1, 0.15) is 0 Å². The maximum atomic E-state index is 12.4. The molecule has 6 nitrogen and oxygen atoms in total. The number of amides is 1. The van der Waals surface area contributed by atoms with E-state index in [0.29, 0.717) is 5.56 Å².